The fourth-order valence-electron chi connectivity index (χ4n) is 3.11. The van der Waals surface area contributed by atoms with Crippen molar-refractivity contribution < 1.29 is 4.79 Å². The predicted molar refractivity (Wildman–Crippen MR) is 95.9 cm³/mol. The molecule has 23 heavy (non-hydrogen) atoms. The maximum absolute atomic E-state index is 12.0. The van der Waals surface area contributed by atoms with Crippen LogP contribution in [0.2, 0.25) is 0 Å². The van der Waals surface area contributed by atoms with Gasteiger partial charge in [0.25, 0.3) is 0 Å². The Balaban J connectivity index is 1.80. The molecule has 0 unspecified atom stereocenters. The van der Waals surface area contributed by atoms with Crippen molar-refractivity contribution in [2.24, 2.45) is 0 Å². The van der Waals surface area contributed by atoms with E-state index in [9.17, 15) is 4.79 Å². The molecule has 1 aliphatic rings. The molecule has 1 heterocycles. The average molecular weight is 318 g/mol. The molecule has 0 aromatic heterocycles. The van der Waals surface area contributed by atoms with Gasteiger partial charge in [0.2, 0.25) is 5.91 Å². The third-order valence-corrected chi connectivity index (χ3v) is 4.05. The van der Waals surface area contributed by atoms with E-state index in [1.54, 1.807) is 0 Å². The van der Waals surface area contributed by atoms with Crippen LogP contribution < -0.4 is 10.2 Å². The number of benzene rings is 1. The Morgan fingerprint density at radius 3 is 2.30 bits per heavy atom. The molecule has 1 saturated heterocycles. The number of rotatable bonds is 6. The number of nitrogens with zero attached hydrogens (tertiary/aromatic N) is 3. The van der Waals surface area contributed by atoms with E-state index in [0.717, 1.165) is 32.7 Å². The monoisotopic (exact) mass is 318 g/mol. The van der Waals surface area contributed by atoms with Gasteiger partial charge < -0.3 is 15.1 Å². The van der Waals surface area contributed by atoms with Gasteiger partial charge >= 0.3 is 0 Å². The molecule has 1 N–H and O–H groups in total. The fraction of sp³-hybridized carbons (Fsp3) is 0.611. The van der Waals surface area contributed by atoms with E-state index in [-0.39, 0.29) is 11.4 Å². The minimum Gasteiger partial charge on any atom is -0.369 e. The number of amides is 1. The first-order valence-corrected chi connectivity index (χ1v) is 8.34. The normalized spacial score (nSPS) is 16.7. The van der Waals surface area contributed by atoms with Gasteiger partial charge in [-0.2, -0.15) is 0 Å². The van der Waals surface area contributed by atoms with E-state index in [2.05, 4.69) is 59.3 Å². The number of carbonyl (C=O) groups excluding carboxylic acids is 1. The standard InChI is InChI=1S/C18H30N4O/c1-18(2,19-17(23)14-20(3)4)15-21-10-12-22(13-11-21)16-8-6-5-7-9-16/h5-9H,10-15H2,1-4H3,(H,19,23). The summed E-state index contributed by atoms with van der Waals surface area (Å²) in [5, 5.41) is 3.14. The minimum absolute atomic E-state index is 0.0860. The SMILES string of the molecule is CN(C)CC(=O)NC(C)(C)CN1CCN(c2ccccc2)CC1. The van der Waals surface area contributed by atoms with Crippen molar-refractivity contribution in [2.45, 2.75) is 19.4 Å². The van der Waals surface area contributed by atoms with E-state index >= 15 is 0 Å². The highest BCUT2D eigenvalue weighted by atomic mass is 16.2. The number of hydrogen-bond acceptors (Lipinski definition) is 4. The second-order valence-electron chi connectivity index (χ2n) is 7.27. The summed E-state index contributed by atoms with van der Waals surface area (Å²) in [6.45, 7) is 9.65. The Morgan fingerprint density at radius 1 is 1.13 bits per heavy atom. The Labute approximate surface area is 140 Å². The first kappa shape index (κ1) is 17.8. The van der Waals surface area contributed by atoms with Gasteiger partial charge in [0.05, 0.1) is 6.54 Å². The molecule has 0 bridgehead atoms. The Hall–Kier alpha value is -1.59. The first-order chi connectivity index (χ1) is 10.9. The molecule has 0 saturated carbocycles. The second kappa shape index (κ2) is 7.79. The van der Waals surface area contributed by atoms with Crippen LogP contribution in [-0.2, 0) is 4.79 Å². The van der Waals surface area contributed by atoms with Crippen molar-refractivity contribution in [3.8, 4) is 0 Å². The summed E-state index contributed by atoms with van der Waals surface area (Å²) in [5.41, 5.74) is 1.09. The Kier molecular flexibility index (Phi) is 6.02. The van der Waals surface area contributed by atoms with Crippen LogP contribution >= 0.6 is 0 Å². The molecule has 1 fully saturated rings. The Morgan fingerprint density at radius 2 is 1.74 bits per heavy atom. The van der Waals surface area contributed by atoms with Gasteiger partial charge in [0.15, 0.2) is 0 Å². The average Bonchev–Trinajstić information content (AvgIpc) is 2.47. The van der Waals surface area contributed by atoms with Crippen LogP contribution in [0.1, 0.15) is 13.8 Å². The molecule has 0 spiro atoms. The van der Waals surface area contributed by atoms with Crippen LogP contribution in [0, 0.1) is 0 Å². The van der Waals surface area contributed by atoms with Crippen molar-refractivity contribution in [3.05, 3.63) is 30.3 Å². The number of likely N-dealkylation sites (N-methyl/N-ethyl adjacent to an activating group) is 1. The molecule has 0 atom stereocenters. The lowest BCUT2D eigenvalue weighted by atomic mass is 10.0. The fourth-order valence-corrected chi connectivity index (χ4v) is 3.11. The van der Waals surface area contributed by atoms with Crippen molar-refractivity contribution >= 4 is 11.6 Å². The van der Waals surface area contributed by atoms with Crippen LogP contribution in [0.3, 0.4) is 0 Å². The third-order valence-electron chi connectivity index (χ3n) is 4.05. The first-order valence-electron chi connectivity index (χ1n) is 8.34. The number of hydrogen-bond donors (Lipinski definition) is 1. The van der Waals surface area contributed by atoms with Crippen molar-refractivity contribution in [1.82, 2.24) is 15.1 Å². The maximum Gasteiger partial charge on any atom is 0.234 e. The highest BCUT2D eigenvalue weighted by Gasteiger charge is 2.26. The van der Waals surface area contributed by atoms with Crippen LogP contribution in [-0.4, -0.2) is 74.6 Å². The molecule has 1 amide bonds. The zero-order valence-corrected chi connectivity index (χ0v) is 14.9. The largest absolute Gasteiger partial charge is 0.369 e. The smallest absolute Gasteiger partial charge is 0.234 e. The van der Waals surface area contributed by atoms with Gasteiger partial charge in [-0.05, 0) is 40.1 Å². The minimum atomic E-state index is -0.206. The van der Waals surface area contributed by atoms with Gasteiger partial charge in [0.1, 0.15) is 0 Å². The van der Waals surface area contributed by atoms with Gasteiger partial charge in [-0.15, -0.1) is 0 Å². The lowest BCUT2D eigenvalue weighted by Gasteiger charge is -2.40. The van der Waals surface area contributed by atoms with E-state index in [1.165, 1.54) is 5.69 Å². The molecule has 1 aliphatic heterocycles. The van der Waals surface area contributed by atoms with E-state index in [4.69, 9.17) is 0 Å². The van der Waals surface area contributed by atoms with Crippen LogP contribution in [0.5, 0.6) is 0 Å². The van der Waals surface area contributed by atoms with Crippen LogP contribution in [0.25, 0.3) is 0 Å². The highest BCUT2D eigenvalue weighted by molar-refractivity contribution is 5.78. The summed E-state index contributed by atoms with van der Waals surface area (Å²) in [4.78, 5) is 18.7. The summed E-state index contributed by atoms with van der Waals surface area (Å²) in [7, 11) is 3.82. The summed E-state index contributed by atoms with van der Waals surface area (Å²) in [5.74, 6) is 0.0860. The van der Waals surface area contributed by atoms with Gasteiger partial charge in [-0.3, -0.25) is 9.69 Å². The van der Waals surface area contributed by atoms with Gasteiger partial charge in [-0.25, -0.2) is 0 Å². The van der Waals surface area contributed by atoms with Crippen molar-refractivity contribution in [3.63, 3.8) is 0 Å². The molecule has 1 aromatic carbocycles. The van der Waals surface area contributed by atoms with Crippen LogP contribution in [0.4, 0.5) is 5.69 Å². The number of para-hydroxylation sites is 1. The van der Waals surface area contributed by atoms with Crippen LogP contribution in [0.15, 0.2) is 30.3 Å². The molecular formula is C18H30N4O. The maximum atomic E-state index is 12.0. The number of anilines is 1. The quantitative estimate of drug-likeness (QED) is 0.857. The molecule has 0 radical (unpaired) electrons. The predicted octanol–water partition coefficient (Wildman–Crippen LogP) is 1.27. The summed E-state index contributed by atoms with van der Waals surface area (Å²) in [6, 6.07) is 10.6. The summed E-state index contributed by atoms with van der Waals surface area (Å²) < 4.78 is 0. The molecule has 5 nitrogen and oxygen atoms in total. The van der Waals surface area contributed by atoms with E-state index in [1.807, 2.05) is 19.0 Å². The number of nitrogens with one attached hydrogen (secondary N) is 1. The lowest BCUT2D eigenvalue weighted by Crippen LogP contribution is -2.56. The van der Waals surface area contributed by atoms with Crippen molar-refractivity contribution in [2.75, 3.05) is 58.3 Å². The van der Waals surface area contributed by atoms with Crippen molar-refractivity contribution in [1.29, 1.82) is 0 Å². The summed E-state index contributed by atoms with van der Waals surface area (Å²) >= 11 is 0. The zero-order chi connectivity index (χ0) is 16.9. The molecule has 5 heteroatoms. The topological polar surface area (TPSA) is 38.8 Å². The zero-order valence-electron chi connectivity index (χ0n) is 14.9. The van der Waals surface area contributed by atoms with Gasteiger partial charge in [0, 0.05) is 44.0 Å². The van der Waals surface area contributed by atoms with Gasteiger partial charge in [-0.1, -0.05) is 18.2 Å². The van der Waals surface area contributed by atoms with E-state index in [0.29, 0.717) is 6.54 Å². The molecule has 2 rings (SSSR count). The highest BCUT2D eigenvalue weighted by Crippen LogP contribution is 2.16. The molecule has 128 valence electrons. The second-order valence-corrected chi connectivity index (χ2v) is 7.27. The summed E-state index contributed by atoms with van der Waals surface area (Å²) in [6.07, 6.45) is 0. The number of piperazine rings is 1. The van der Waals surface area contributed by atoms with E-state index < -0.39 is 0 Å². The number of carbonyl (C=O) groups is 1. The third kappa shape index (κ3) is 5.84. The molecule has 1 aromatic rings. The molecular weight excluding hydrogens is 288 g/mol. The lowest BCUT2D eigenvalue weighted by molar-refractivity contribution is -0.123. The Bertz CT molecular complexity index is 493. The molecule has 0 aliphatic carbocycles.